The summed E-state index contributed by atoms with van der Waals surface area (Å²) in [6, 6.07) is 13.9. The molecular formula is C25H30N4O3S. The van der Waals surface area contributed by atoms with Crippen LogP contribution in [0.25, 0.3) is 10.9 Å². The molecule has 1 aromatic heterocycles. The summed E-state index contributed by atoms with van der Waals surface area (Å²) in [6.07, 6.45) is 0.973. The zero-order valence-electron chi connectivity index (χ0n) is 19.3. The molecule has 174 valence electrons. The van der Waals surface area contributed by atoms with E-state index in [4.69, 9.17) is 21.7 Å². The van der Waals surface area contributed by atoms with Gasteiger partial charge in [0.1, 0.15) is 0 Å². The maximum absolute atomic E-state index is 12.8. The molecule has 0 amide bonds. The molecule has 2 heterocycles. The van der Waals surface area contributed by atoms with E-state index in [0.717, 1.165) is 53.0 Å². The van der Waals surface area contributed by atoms with Gasteiger partial charge in [0.2, 0.25) is 6.79 Å². The van der Waals surface area contributed by atoms with Crippen LogP contribution >= 0.6 is 12.2 Å². The number of H-pyrrole nitrogens is 1. The number of ether oxygens (including phenoxy) is 2. The van der Waals surface area contributed by atoms with Crippen molar-refractivity contribution in [1.82, 2.24) is 20.1 Å². The summed E-state index contributed by atoms with van der Waals surface area (Å²) in [4.78, 5) is 20.0. The van der Waals surface area contributed by atoms with Gasteiger partial charge in [-0.1, -0.05) is 17.7 Å². The molecular weight excluding hydrogens is 436 g/mol. The van der Waals surface area contributed by atoms with Gasteiger partial charge in [-0.25, -0.2) is 0 Å². The van der Waals surface area contributed by atoms with Crippen LogP contribution in [0.5, 0.6) is 11.5 Å². The third kappa shape index (κ3) is 5.83. The Balaban J connectivity index is 1.56. The van der Waals surface area contributed by atoms with E-state index in [1.165, 1.54) is 0 Å². The molecule has 0 aliphatic carbocycles. The number of benzene rings is 2. The highest BCUT2D eigenvalue weighted by Gasteiger charge is 2.17. The SMILES string of the molecule is Cc1ccc2[nH]c(=O)c(CN(Cc3ccc4c(c3)OCO4)C(=S)NCCCN(C)C)cc2c1. The smallest absolute Gasteiger partial charge is 0.253 e. The Bertz CT molecular complexity index is 1210. The lowest BCUT2D eigenvalue weighted by Crippen LogP contribution is -2.40. The second-order valence-corrected chi connectivity index (χ2v) is 9.03. The molecule has 0 saturated carbocycles. The average molecular weight is 467 g/mol. The quantitative estimate of drug-likeness (QED) is 0.390. The molecule has 33 heavy (non-hydrogen) atoms. The van der Waals surface area contributed by atoms with Crippen molar-refractivity contribution in [2.45, 2.75) is 26.4 Å². The maximum atomic E-state index is 12.8. The molecule has 0 spiro atoms. The molecule has 7 nitrogen and oxygen atoms in total. The number of aromatic nitrogens is 1. The van der Waals surface area contributed by atoms with Gasteiger partial charge in [0.15, 0.2) is 16.6 Å². The lowest BCUT2D eigenvalue weighted by Gasteiger charge is -2.26. The number of hydrogen-bond donors (Lipinski definition) is 2. The van der Waals surface area contributed by atoms with Crippen LogP contribution < -0.4 is 20.3 Å². The van der Waals surface area contributed by atoms with E-state index in [1.54, 1.807) is 0 Å². The van der Waals surface area contributed by atoms with E-state index in [2.05, 4.69) is 35.4 Å². The number of nitrogens with one attached hydrogen (secondary N) is 2. The minimum absolute atomic E-state index is 0.0996. The first-order chi connectivity index (χ1) is 15.9. The van der Waals surface area contributed by atoms with Gasteiger partial charge in [-0.15, -0.1) is 0 Å². The van der Waals surface area contributed by atoms with E-state index < -0.39 is 0 Å². The van der Waals surface area contributed by atoms with Crippen LogP contribution in [-0.4, -0.2) is 53.9 Å². The van der Waals surface area contributed by atoms with Gasteiger partial charge >= 0.3 is 0 Å². The molecule has 1 aliphatic rings. The second-order valence-electron chi connectivity index (χ2n) is 8.65. The molecule has 0 radical (unpaired) electrons. The van der Waals surface area contributed by atoms with Gasteiger partial charge in [0.25, 0.3) is 5.56 Å². The van der Waals surface area contributed by atoms with E-state index >= 15 is 0 Å². The van der Waals surface area contributed by atoms with Crippen molar-refractivity contribution in [2.75, 3.05) is 34.0 Å². The van der Waals surface area contributed by atoms with Crippen molar-refractivity contribution < 1.29 is 9.47 Å². The number of aryl methyl sites for hydroxylation is 1. The van der Waals surface area contributed by atoms with Crippen LogP contribution in [0.4, 0.5) is 0 Å². The molecule has 3 aromatic rings. The van der Waals surface area contributed by atoms with Gasteiger partial charge in [0, 0.05) is 24.2 Å². The number of thiocarbonyl (C=S) groups is 1. The minimum Gasteiger partial charge on any atom is -0.454 e. The van der Waals surface area contributed by atoms with Crippen molar-refractivity contribution in [3.63, 3.8) is 0 Å². The molecule has 4 rings (SSSR count). The fourth-order valence-electron chi connectivity index (χ4n) is 3.86. The highest BCUT2D eigenvalue weighted by Crippen LogP contribution is 2.33. The van der Waals surface area contributed by atoms with Crippen molar-refractivity contribution in [3.8, 4) is 11.5 Å². The van der Waals surface area contributed by atoms with Gasteiger partial charge in [-0.3, -0.25) is 4.79 Å². The molecule has 0 bridgehead atoms. The standard InChI is InChI=1S/C25H30N4O3S/c1-17-5-7-21-19(11-17)13-20(24(30)27-21)15-29(25(33)26-9-4-10-28(2)3)14-18-6-8-22-23(12-18)32-16-31-22/h5-8,11-13H,4,9-10,14-16H2,1-3H3,(H,26,33)(H,27,30). The van der Waals surface area contributed by atoms with Crippen LogP contribution in [0.3, 0.4) is 0 Å². The van der Waals surface area contributed by atoms with Crippen molar-refractivity contribution in [2.24, 2.45) is 0 Å². The molecule has 8 heteroatoms. The Labute approximate surface area is 199 Å². The summed E-state index contributed by atoms with van der Waals surface area (Å²) in [6.45, 7) is 4.96. The number of rotatable bonds is 8. The zero-order valence-corrected chi connectivity index (χ0v) is 20.1. The summed E-state index contributed by atoms with van der Waals surface area (Å²) in [5.74, 6) is 1.48. The van der Waals surface area contributed by atoms with Crippen LogP contribution in [0.15, 0.2) is 47.3 Å². The predicted molar refractivity (Wildman–Crippen MR) is 135 cm³/mol. The molecule has 0 saturated heterocycles. The van der Waals surface area contributed by atoms with E-state index in [0.29, 0.717) is 23.8 Å². The lowest BCUT2D eigenvalue weighted by atomic mass is 10.1. The Hall–Kier alpha value is -3.10. The summed E-state index contributed by atoms with van der Waals surface area (Å²) in [5.41, 5.74) is 3.59. The fraction of sp³-hybridized carbons (Fsp3) is 0.360. The summed E-state index contributed by atoms with van der Waals surface area (Å²) < 4.78 is 11.0. The normalized spacial score (nSPS) is 12.4. The van der Waals surface area contributed by atoms with Crippen molar-refractivity contribution in [1.29, 1.82) is 0 Å². The van der Waals surface area contributed by atoms with Gasteiger partial charge in [-0.2, -0.15) is 0 Å². The van der Waals surface area contributed by atoms with Crippen LogP contribution in [-0.2, 0) is 13.1 Å². The fourth-order valence-corrected chi connectivity index (χ4v) is 4.09. The molecule has 0 unspecified atom stereocenters. The number of aromatic amines is 1. The topological polar surface area (TPSA) is 69.8 Å². The number of fused-ring (bicyclic) bond motifs is 2. The first-order valence-corrected chi connectivity index (χ1v) is 11.5. The number of nitrogens with zero attached hydrogens (tertiary/aromatic N) is 2. The molecule has 1 aliphatic heterocycles. The lowest BCUT2D eigenvalue weighted by molar-refractivity contribution is 0.174. The monoisotopic (exact) mass is 466 g/mol. The Morgan fingerprint density at radius 1 is 1.09 bits per heavy atom. The Morgan fingerprint density at radius 2 is 1.91 bits per heavy atom. The highest BCUT2D eigenvalue weighted by molar-refractivity contribution is 7.80. The molecule has 2 N–H and O–H groups in total. The number of hydrogen-bond acceptors (Lipinski definition) is 5. The number of pyridine rings is 1. The summed E-state index contributed by atoms with van der Waals surface area (Å²) in [7, 11) is 4.11. The molecule has 0 atom stereocenters. The Morgan fingerprint density at radius 3 is 2.73 bits per heavy atom. The second kappa shape index (κ2) is 10.2. The third-order valence-electron chi connectivity index (χ3n) is 5.59. The molecule has 2 aromatic carbocycles. The predicted octanol–water partition coefficient (Wildman–Crippen LogP) is 3.39. The Kier molecular flexibility index (Phi) is 7.15. The summed E-state index contributed by atoms with van der Waals surface area (Å²) in [5, 5.41) is 4.99. The van der Waals surface area contributed by atoms with Crippen LogP contribution in [0, 0.1) is 6.92 Å². The van der Waals surface area contributed by atoms with Gasteiger partial charge in [0.05, 0.1) is 6.54 Å². The van der Waals surface area contributed by atoms with Crippen molar-refractivity contribution in [3.05, 3.63) is 69.5 Å². The third-order valence-corrected chi connectivity index (χ3v) is 6.00. The van der Waals surface area contributed by atoms with E-state index in [-0.39, 0.29) is 12.4 Å². The first-order valence-electron chi connectivity index (χ1n) is 11.1. The van der Waals surface area contributed by atoms with E-state index in [1.807, 2.05) is 48.2 Å². The van der Waals surface area contributed by atoms with Crippen LogP contribution in [0.1, 0.15) is 23.1 Å². The maximum Gasteiger partial charge on any atom is 0.253 e. The minimum atomic E-state index is -0.0996. The first kappa shape index (κ1) is 23.1. The van der Waals surface area contributed by atoms with Gasteiger partial charge in [-0.05, 0) is 87.5 Å². The summed E-state index contributed by atoms with van der Waals surface area (Å²) >= 11 is 5.75. The average Bonchev–Trinajstić information content (AvgIpc) is 3.24. The van der Waals surface area contributed by atoms with E-state index in [9.17, 15) is 4.79 Å². The van der Waals surface area contributed by atoms with Crippen molar-refractivity contribution >= 4 is 28.2 Å². The largest absolute Gasteiger partial charge is 0.454 e. The highest BCUT2D eigenvalue weighted by atomic mass is 32.1. The van der Waals surface area contributed by atoms with Gasteiger partial charge < -0.3 is 29.6 Å². The molecule has 0 fully saturated rings. The zero-order chi connectivity index (χ0) is 23.4. The van der Waals surface area contributed by atoms with Crippen LogP contribution in [0.2, 0.25) is 0 Å².